The van der Waals surface area contributed by atoms with Gasteiger partial charge in [0.25, 0.3) is 0 Å². The number of carbonyl (C=O) groups excluding carboxylic acids is 1. The molecule has 0 aliphatic rings. The van der Waals surface area contributed by atoms with E-state index < -0.39 is 0 Å². The van der Waals surface area contributed by atoms with E-state index in [0.29, 0.717) is 10.8 Å². The predicted molar refractivity (Wildman–Crippen MR) is 118 cm³/mol. The Morgan fingerprint density at radius 1 is 0.900 bits per heavy atom. The van der Waals surface area contributed by atoms with Crippen LogP contribution in [0.1, 0.15) is 25.5 Å². The number of amides is 1. The molecular weight excluding hydrogens is 379 g/mol. The van der Waals surface area contributed by atoms with Crippen molar-refractivity contribution in [3.05, 3.63) is 94.4 Å². The summed E-state index contributed by atoms with van der Waals surface area (Å²) in [5, 5.41) is 4.26. The zero-order valence-corrected chi connectivity index (χ0v) is 16.9. The van der Waals surface area contributed by atoms with E-state index in [2.05, 4.69) is 5.32 Å². The second-order valence-electron chi connectivity index (χ2n) is 7.79. The zero-order valence-electron chi connectivity index (χ0n) is 16.9. The minimum absolute atomic E-state index is 0.0378. The molecule has 1 unspecified atom stereocenters. The van der Waals surface area contributed by atoms with Crippen LogP contribution in [0.5, 0.6) is 0 Å². The molecule has 4 aromatic rings. The van der Waals surface area contributed by atoms with E-state index in [1.807, 2.05) is 54.8 Å². The fraction of sp³-hybridized carbons (Fsp3) is 0.200. The van der Waals surface area contributed by atoms with Gasteiger partial charge in [-0.1, -0.05) is 50.2 Å². The Bertz CT molecular complexity index is 1220. The van der Waals surface area contributed by atoms with Crippen molar-refractivity contribution in [2.24, 2.45) is 5.92 Å². The molecule has 0 fully saturated rings. The van der Waals surface area contributed by atoms with Crippen molar-refractivity contribution in [2.45, 2.75) is 26.4 Å². The lowest BCUT2D eigenvalue weighted by molar-refractivity contribution is -0.122. The molecule has 152 valence electrons. The number of nitrogens with zero attached hydrogens (tertiary/aromatic N) is 1. The Morgan fingerprint density at radius 3 is 1.97 bits per heavy atom. The summed E-state index contributed by atoms with van der Waals surface area (Å²) in [6.45, 7) is 4.10. The maximum atomic E-state index is 13.3. The van der Waals surface area contributed by atoms with Gasteiger partial charge in [0.2, 0.25) is 5.91 Å². The Kier molecular flexibility index (Phi) is 5.36. The molecule has 1 amide bonds. The third-order valence-corrected chi connectivity index (χ3v) is 5.39. The predicted octanol–water partition coefficient (Wildman–Crippen LogP) is 4.81. The van der Waals surface area contributed by atoms with Crippen molar-refractivity contribution < 1.29 is 9.18 Å². The van der Waals surface area contributed by atoms with Crippen LogP contribution in [0.3, 0.4) is 0 Å². The van der Waals surface area contributed by atoms with Crippen LogP contribution in [-0.2, 0) is 11.3 Å². The van der Waals surface area contributed by atoms with Crippen LogP contribution in [-0.4, -0.2) is 10.5 Å². The van der Waals surface area contributed by atoms with Gasteiger partial charge in [0, 0.05) is 10.8 Å². The van der Waals surface area contributed by atoms with E-state index in [-0.39, 0.29) is 35.7 Å². The molecule has 30 heavy (non-hydrogen) atoms. The van der Waals surface area contributed by atoms with Crippen LogP contribution < -0.4 is 10.7 Å². The fourth-order valence-corrected chi connectivity index (χ4v) is 3.91. The third-order valence-electron chi connectivity index (χ3n) is 5.39. The molecule has 0 bridgehead atoms. The molecular formula is C25H23FN2O2. The topological polar surface area (TPSA) is 51.1 Å². The number of rotatable bonds is 5. The largest absolute Gasteiger partial charge is 0.347 e. The standard InChI is InChI=1S/C25H23FN2O2/c1-16(2)24(17-11-13-18(26)14-12-17)27-23(29)15-28-21-9-5-3-7-19(21)25(30)20-8-4-6-10-22(20)28/h3-14,16,24H,15H2,1-2H3,(H,27,29). The Balaban J connectivity index is 1.72. The smallest absolute Gasteiger partial charge is 0.240 e. The Morgan fingerprint density at radius 2 is 1.43 bits per heavy atom. The summed E-state index contributed by atoms with van der Waals surface area (Å²) < 4.78 is 15.2. The Labute approximate surface area is 174 Å². The van der Waals surface area contributed by atoms with Crippen LogP contribution in [0.15, 0.2) is 77.6 Å². The van der Waals surface area contributed by atoms with Crippen LogP contribution >= 0.6 is 0 Å². The highest BCUT2D eigenvalue weighted by atomic mass is 19.1. The van der Waals surface area contributed by atoms with Crippen molar-refractivity contribution in [1.29, 1.82) is 0 Å². The van der Waals surface area contributed by atoms with Crippen molar-refractivity contribution in [1.82, 2.24) is 9.88 Å². The van der Waals surface area contributed by atoms with E-state index in [4.69, 9.17) is 0 Å². The second-order valence-corrected chi connectivity index (χ2v) is 7.79. The summed E-state index contributed by atoms with van der Waals surface area (Å²) in [5.41, 5.74) is 2.26. The number of halogens is 1. The number of para-hydroxylation sites is 2. The molecule has 1 N–H and O–H groups in total. The van der Waals surface area contributed by atoms with Gasteiger partial charge in [0.15, 0.2) is 5.43 Å². The molecule has 0 aliphatic heterocycles. The summed E-state index contributed by atoms with van der Waals surface area (Å²) >= 11 is 0. The van der Waals surface area contributed by atoms with E-state index in [9.17, 15) is 14.0 Å². The van der Waals surface area contributed by atoms with Crippen LogP contribution in [0, 0.1) is 11.7 Å². The summed E-state index contributed by atoms with van der Waals surface area (Å²) in [4.78, 5) is 25.9. The molecule has 1 atom stereocenters. The molecule has 0 radical (unpaired) electrons. The summed E-state index contributed by atoms with van der Waals surface area (Å²) in [7, 11) is 0. The quantitative estimate of drug-likeness (QED) is 0.487. The van der Waals surface area contributed by atoms with Crippen molar-refractivity contribution in [3.8, 4) is 0 Å². The first-order chi connectivity index (χ1) is 14.5. The van der Waals surface area contributed by atoms with Crippen LogP contribution in [0.4, 0.5) is 4.39 Å². The Hall–Kier alpha value is -3.47. The monoisotopic (exact) mass is 402 g/mol. The maximum absolute atomic E-state index is 13.3. The average Bonchev–Trinajstić information content (AvgIpc) is 2.75. The summed E-state index contributed by atoms with van der Waals surface area (Å²) in [6, 6.07) is 20.6. The molecule has 1 aromatic heterocycles. The fourth-order valence-electron chi connectivity index (χ4n) is 3.91. The van der Waals surface area contributed by atoms with Gasteiger partial charge >= 0.3 is 0 Å². The van der Waals surface area contributed by atoms with E-state index in [1.54, 1.807) is 24.3 Å². The highest BCUT2D eigenvalue weighted by molar-refractivity contribution is 5.94. The number of hydrogen-bond donors (Lipinski definition) is 1. The van der Waals surface area contributed by atoms with Crippen LogP contribution in [0.25, 0.3) is 21.8 Å². The van der Waals surface area contributed by atoms with E-state index >= 15 is 0 Å². The van der Waals surface area contributed by atoms with E-state index in [1.165, 1.54) is 12.1 Å². The molecule has 1 heterocycles. The van der Waals surface area contributed by atoms with Crippen LogP contribution in [0.2, 0.25) is 0 Å². The number of hydrogen-bond acceptors (Lipinski definition) is 2. The molecule has 5 heteroatoms. The van der Waals surface area contributed by atoms with E-state index in [0.717, 1.165) is 16.6 Å². The molecule has 0 spiro atoms. The maximum Gasteiger partial charge on any atom is 0.240 e. The lowest BCUT2D eigenvalue weighted by Crippen LogP contribution is -2.34. The van der Waals surface area contributed by atoms with Crippen molar-refractivity contribution in [2.75, 3.05) is 0 Å². The molecule has 0 saturated carbocycles. The lowest BCUT2D eigenvalue weighted by atomic mass is 9.96. The lowest BCUT2D eigenvalue weighted by Gasteiger charge is -2.24. The molecule has 0 saturated heterocycles. The van der Waals surface area contributed by atoms with Gasteiger partial charge in [-0.2, -0.15) is 0 Å². The van der Waals surface area contributed by atoms with Gasteiger partial charge in [0.1, 0.15) is 12.4 Å². The van der Waals surface area contributed by atoms with Gasteiger partial charge in [-0.25, -0.2) is 4.39 Å². The summed E-state index contributed by atoms with van der Waals surface area (Å²) in [6.07, 6.45) is 0. The molecule has 0 aliphatic carbocycles. The van der Waals surface area contributed by atoms with Gasteiger partial charge in [-0.05, 0) is 47.9 Å². The third kappa shape index (κ3) is 3.71. The minimum Gasteiger partial charge on any atom is -0.347 e. The summed E-state index contributed by atoms with van der Waals surface area (Å²) in [5.74, 6) is -0.349. The molecule has 4 nitrogen and oxygen atoms in total. The number of fused-ring (bicyclic) bond motifs is 2. The molecule has 4 rings (SSSR count). The van der Waals surface area contributed by atoms with Crippen molar-refractivity contribution in [3.63, 3.8) is 0 Å². The zero-order chi connectivity index (χ0) is 21.3. The number of carbonyl (C=O) groups is 1. The first kappa shape index (κ1) is 19.8. The number of nitrogens with one attached hydrogen (secondary N) is 1. The number of pyridine rings is 1. The van der Waals surface area contributed by atoms with Gasteiger partial charge in [0.05, 0.1) is 17.1 Å². The first-order valence-corrected chi connectivity index (χ1v) is 10.0. The van der Waals surface area contributed by atoms with Gasteiger partial charge < -0.3 is 9.88 Å². The van der Waals surface area contributed by atoms with Crippen molar-refractivity contribution >= 4 is 27.7 Å². The highest BCUT2D eigenvalue weighted by Gasteiger charge is 2.20. The average molecular weight is 402 g/mol. The minimum atomic E-state index is -0.307. The molecule has 3 aromatic carbocycles. The normalized spacial score (nSPS) is 12.4. The first-order valence-electron chi connectivity index (χ1n) is 10.0. The SMILES string of the molecule is CC(C)C(NC(=O)Cn1c2ccccc2c(=O)c2ccccc21)c1ccc(F)cc1. The number of benzene rings is 3. The van der Waals surface area contributed by atoms with Gasteiger partial charge in [-0.3, -0.25) is 9.59 Å². The number of aromatic nitrogens is 1. The second kappa shape index (κ2) is 8.11. The van der Waals surface area contributed by atoms with Gasteiger partial charge in [-0.15, -0.1) is 0 Å². The highest BCUT2D eigenvalue weighted by Crippen LogP contribution is 2.23.